The van der Waals surface area contributed by atoms with Crippen LogP contribution in [0, 0.1) is 0 Å². The molecule has 0 aromatic heterocycles. The Labute approximate surface area is 99.6 Å². The van der Waals surface area contributed by atoms with Crippen molar-refractivity contribution in [3.63, 3.8) is 0 Å². The van der Waals surface area contributed by atoms with Crippen molar-refractivity contribution in [1.82, 2.24) is 0 Å². The van der Waals surface area contributed by atoms with E-state index in [0.717, 1.165) is 12.6 Å². The normalized spacial score (nSPS) is 15.4. The Morgan fingerprint density at radius 2 is 2.20 bits per heavy atom. The van der Waals surface area contributed by atoms with Gasteiger partial charge in [-0.1, -0.05) is 6.07 Å². The number of nitrogens with two attached hydrogens (primary N) is 1. The average molecular weight is 269 g/mol. The molecule has 82 valence electrons. The van der Waals surface area contributed by atoms with Crippen LogP contribution < -0.4 is 10.6 Å². The summed E-state index contributed by atoms with van der Waals surface area (Å²) in [5, 5.41) is 0. The smallest absolute Gasteiger partial charge is 0.0513 e. The molecule has 0 amide bonds. The van der Waals surface area contributed by atoms with Gasteiger partial charge in [0, 0.05) is 23.6 Å². The van der Waals surface area contributed by atoms with Crippen molar-refractivity contribution in [2.75, 3.05) is 11.4 Å². The molecule has 0 aliphatic heterocycles. The Hall–Kier alpha value is -0.540. The van der Waals surface area contributed by atoms with Crippen molar-refractivity contribution < 1.29 is 0 Å². The van der Waals surface area contributed by atoms with Gasteiger partial charge in [-0.25, -0.2) is 0 Å². The Kier molecular flexibility index (Phi) is 3.32. The minimum atomic E-state index is 0.606. The summed E-state index contributed by atoms with van der Waals surface area (Å²) in [4.78, 5) is 2.46. The van der Waals surface area contributed by atoms with Gasteiger partial charge in [0.2, 0.25) is 0 Å². The maximum absolute atomic E-state index is 5.62. The third kappa shape index (κ3) is 2.34. The topological polar surface area (TPSA) is 29.3 Å². The lowest BCUT2D eigenvalue weighted by Gasteiger charge is -2.24. The molecule has 0 bridgehead atoms. The molecule has 15 heavy (non-hydrogen) atoms. The summed E-state index contributed by atoms with van der Waals surface area (Å²) in [6.45, 7) is 3.89. The highest BCUT2D eigenvalue weighted by Gasteiger charge is 2.28. The van der Waals surface area contributed by atoms with Crippen LogP contribution in [0.4, 0.5) is 5.69 Å². The summed E-state index contributed by atoms with van der Waals surface area (Å²) in [7, 11) is 0. The number of nitrogens with zero attached hydrogens (tertiary/aromatic N) is 1. The summed E-state index contributed by atoms with van der Waals surface area (Å²) in [5.41, 5.74) is 8.10. The van der Waals surface area contributed by atoms with Gasteiger partial charge in [0.1, 0.15) is 0 Å². The van der Waals surface area contributed by atoms with E-state index in [1.807, 2.05) is 0 Å². The van der Waals surface area contributed by atoms with E-state index in [9.17, 15) is 0 Å². The minimum Gasteiger partial charge on any atom is -0.368 e. The van der Waals surface area contributed by atoms with E-state index in [4.69, 9.17) is 5.73 Å². The van der Waals surface area contributed by atoms with E-state index in [1.54, 1.807) is 0 Å². The Bertz CT molecular complexity index is 347. The molecule has 1 fully saturated rings. The summed E-state index contributed by atoms with van der Waals surface area (Å²) in [5.74, 6) is 0. The van der Waals surface area contributed by atoms with E-state index >= 15 is 0 Å². The predicted octanol–water partition coefficient (Wildman–Crippen LogP) is 2.90. The average Bonchev–Trinajstić information content (AvgIpc) is 3.05. The van der Waals surface area contributed by atoms with Crippen LogP contribution in [0.3, 0.4) is 0 Å². The Morgan fingerprint density at radius 1 is 1.47 bits per heavy atom. The van der Waals surface area contributed by atoms with Gasteiger partial charge in [0.15, 0.2) is 0 Å². The van der Waals surface area contributed by atoms with E-state index in [0.29, 0.717) is 6.54 Å². The lowest BCUT2D eigenvalue weighted by Crippen LogP contribution is -2.25. The molecule has 1 saturated carbocycles. The summed E-state index contributed by atoms with van der Waals surface area (Å²) < 4.78 is 1.17. The van der Waals surface area contributed by atoms with Crippen LogP contribution in [0.2, 0.25) is 0 Å². The Balaban J connectivity index is 2.26. The van der Waals surface area contributed by atoms with Crippen LogP contribution in [-0.2, 0) is 6.54 Å². The van der Waals surface area contributed by atoms with Crippen molar-refractivity contribution in [3.05, 3.63) is 28.2 Å². The SMILES string of the molecule is CCN(c1ccc(CN)cc1Br)C1CC1. The number of hydrogen-bond acceptors (Lipinski definition) is 2. The quantitative estimate of drug-likeness (QED) is 0.910. The number of halogens is 1. The molecule has 1 aromatic carbocycles. The molecule has 0 radical (unpaired) electrons. The monoisotopic (exact) mass is 268 g/mol. The van der Waals surface area contributed by atoms with Crippen molar-refractivity contribution in [3.8, 4) is 0 Å². The molecule has 1 aliphatic carbocycles. The second kappa shape index (κ2) is 4.54. The van der Waals surface area contributed by atoms with E-state index < -0.39 is 0 Å². The molecule has 3 heteroatoms. The fourth-order valence-corrected chi connectivity index (χ4v) is 2.58. The molecule has 0 spiro atoms. The number of rotatable bonds is 4. The zero-order chi connectivity index (χ0) is 10.8. The maximum atomic E-state index is 5.62. The first-order valence-electron chi connectivity index (χ1n) is 5.51. The van der Waals surface area contributed by atoms with Crippen molar-refractivity contribution >= 4 is 21.6 Å². The van der Waals surface area contributed by atoms with E-state index in [-0.39, 0.29) is 0 Å². The van der Waals surface area contributed by atoms with Gasteiger partial charge in [0.25, 0.3) is 0 Å². The van der Waals surface area contributed by atoms with E-state index in [1.165, 1.54) is 28.6 Å². The third-order valence-corrected chi connectivity index (χ3v) is 3.52. The zero-order valence-corrected chi connectivity index (χ0v) is 10.6. The highest BCUT2D eigenvalue weighted by molar-refractivity contribution is 9.10. The van der Waals surface area contributed by atoms with E-state index in [2.05, 4.69) is 46.0 Å². The van der Waals surface area contributed by atoms with Crippen LogP contribution in [0.1, 0.15) is 25.3 Å². The molecular weight excluding hydrogens is 252 g/mol. The number of benzene rings is 1. The number of anilines is 1. The Morgan fingerprint density at radius 3 is 2.67 bits per heavy atom. The standard InChI is InChI=1S/C12H17BrN2/c1-2-15(10-4-5-10)12-6-3-9(8-14)7-11(12)13/h3,6-7,10H,2,4-5,8,14H2,1H3. The van der Waals surface area contributed by atoms with Crippen molar-refractivity contribution in [2.24, 2.45) is 5.73 Å². The van der Waals surface area contributed by atoms with Crippen molar-refractivity contribution in [1.29, 1.82) is 0 Å². The highest BCUT2D eigenvalue weighted by Crippen LogP contribution is 2.35. The van der Waals surface area contributed by atoms with Crippen LogP contribution in [-0.4, -0.2) is 12.6 Å². The molecule has 0 unspecified atom stereocenters. The second-order valence-corrected chi connectivity index (χ2v) is 4.86. The van der Waals surface area contributed by atoms with Gasteiger partial charge < -0.3 is 10.6 Å². The van der Waals surface area contributed by atoms with Gasteiger partial charge in [-0.15, -0.1) is 0 Å². The van der Waals surface area contributed by atoms with Gasteiger partial charge in [-0.2, -0.15) is 0 Å². The predicted molar refractivity (Wildman–Crippen MR) is 68.1 cm³/mol. The molecule has 2 N–H and O–H groups in total. The fourth-order valence-electron chi connectivity index (χ4n) is 1.92. The van der Waals surface area contributed by atoms with Gasteiger partial charge in [-0.05, 0) is 53.4 Å². The molecule has 1 aliphatic rings. The fraction of sp³-hybridized carbons (Fsp3) is 0.500. The first kappa shape index (κ1) is 11.0. The lowest BCUT2D eigenvalue weighted by molar-refractivity contribution is 0.823. The van der Waals surface area contributed by atoms with Gasteiger partial charge in [0.05, 0.1) is 5.69 Å². The van der Waals surface area contributed by atoms with Gasteiger partial charge in [-0.3, -0.25) is 0 Å². The van der Waals surface area contributed by atoms with Crippen LogP contribution in [0.25, 0.3) is 0 Å². The first-order valence-corrected chi connectivity index (χ1v) is 6.30. The zero-order valence-electron chi connectivity index (χ0n) is 9.04. The van der Waals surface area contributed by atoms with Gasteiger partial charge >= 0.3 is 0 Å². The van der Waals surface area contributed by atoms with Crippen LogP contribution >= 0.6 is 15.9 Å². The largest absolute Gasteiger partial charge is 0.368 e. The summed E-state index contributed by atoms with van der Waals surface area (Å²) in [6, 6.07) is 7.18. The maximum Gasteiger partial charge on any atom is 0.0513 e. The summed E-state index contributed by atoms with van der Waals surface area (Å²) >= 11 is 3.63. The first-order chi connectivity index (χ1) is 7.26. The lowest BCUT2D eigenvalue weighted by atomic mass is 10.2. The van der Waals surface area contributed by atoms with Crippen LogP contribution in [0.5, 0.6) is 0 Å². The minimum absolute atomic E-state index is 0.606. The molecule has 2 rings (SSSR count). The molecule has 1 aromatic rings. The molecule has 0 saturated heterocycles. The molecule has 0 atom stereocenters. The summed E-state index contributed by atoms with van der Waals surface area (Å²) in [6.07, 6.45) is 2.66. The molecule has 0 heterocycles. The van der Waals surface area contributed by atoms with Crippen LogP contribution in [0.15, 0.2) is 22.7 Å². The molecule has 2 nitrogen and oxygen atoms in total. The second-order valence-electron chi connectivity index (χ2n) is 4.01. The third-order valence-electron chi connectivity index (χ3n) is 2.89. The van der Waals surface area contributed by atoms with Crippen molar-refractivity contribution in [2.45, 2.75) is 32.4 Å². The molecular formula is C12H17BrN2. The number of hydrogen-bond donors (Lipinski definition) is 1. The highest BCUT2D eigenvalue weighted by atomic mass is 79.9.